The average molecular weight is 468 g/mol. The van der Waals surface area contributed by atoms with Crippen LogP contribution in [-0.2, 0) is 9.59 Å². The van der Waals surface area contributed by atoms with Crippen LogP contribution in [0, 0.1) is 0 Å². The largest absolute Gasteiger partial charge is 0.507 e. The smallest absolute Gasteiger partial charge is 0.295 e. The van der Waals surface area contributed by atoms with Gasteiger partial charge >= 0.3 is 0 Å². The highest BCUT2D eigenvalue weighted by Crippen LogP contribution is 2.46. The van der Waals surface area contributed by atoms with Gasteiger partial charge in [0.1, 0.15) is 17.3 Å². The highest BCUT2D eigenvalue weighted by atomic mass is 16.5. The number of aliphatic hydroxyl groups excluding tert-OH is 1. The first-order valence-electron chi connectivity index (χ1n) is 11.2. The van der Waals surface area contributed by atoms with Crippen LogP contribution in [0.5, 0.6) is 23.0 Å². The molecule has 8 nitrogen and oxygen atoms in total. The summed E-state index contributed by atoms with van der Waals surface area (Å²) in [4.78, 5) is 28.2. The fraction of sp³-hybridized carbons (Fsp3) is 0.385. The summed E-state index contributed by atoms with van der Waals surface area (Å²) in [5.41, 5.74) is 0.976. The minimum absolute atomic E-state index is 0.0209. The van der Waals surface area contributed by atoms with Crippen molar-refractivity contribution in [3.8, 4) is 23.0 Å². The number of likely N-dealkylation sites (tertiary alicyclic amines) is 1. The van der Waals surface area contributed by atoms with Crippen molar-refractivity contribution in [2.24, 2.45) is 0 Å². The number of amides is 1. The number of carbonyl (C=O) groups excluding carboxylic acids is 2. The van der Waals surface area contributed by atoms with Crippen LogP contribution in [0.4, 0.5) is 0 Å². The van der Waals surface area contributed by atoms with Crippen LogP contribution in [0.2, 0.25) is 0 Å². The number of hydrogen-bond donors (Lipinski definition) is 1. The normalized spacial score (nSPS) is 20.0. The van der Waals surface area contributed by atoms with Crippen LogP contribution in [0.25, 0.3) is 5.76 Å². The molecular formula is C26H29NO7. The van der Waals surface area contributed by atoms with E-state index in [1.54, 1.807) is 41.3 Å². The molecule has 2 fully saturated rings. The van der Waals surface area contributed by atoms with Crippen molar-refractivity contribution in [2.75, 3.05) is 28.4 Å². The Morgan fingerprint density at radius 2 is 1.53 bits per heavy atom. The molecule has 180 valence electrons. The number of nitrogens with zero attached hydrogens (tertiary/aromatic N) is 1. The molecule has 1 aliphatic heterocycles. The SMILES string of the molecule is COc1ccc(/C(O)=C2\C(=O)C(=O)N(C3CCCC3)C2c2ccc(OC)c(OC)c2)c(OC)c1. The topological polar surface area (TPSA) is 94.5 Å². The van der Waals surface area contributed by atoms with E-state index in [1.807, 2.05) is 0 Å². The van der Waals surface area contributed by atoms with Crippen LogP contribution < -0.4 is 18.9 Å². The van der Waals surface area contributed by atoms with Crippen molar-refractivity contribution in [2.45, 2.75) is 37.8 Å². The van der Waals surface area contributed by atoms with Crippen molar-refractivity contribution in [3.63, 3.8) is 0 Å². The summed E-state index contributed by atoms with van der Waals surface area (Å²) in [5.74, 6) is 0.243. The van der Waals surface area contributed by atoms with E-state index in [2.05, 4.69) is 0 Å². The van der Waals surface area contributed by atoms with E-state index in [4.69, 9.17) is 18.9 Å². The number of methoxy groups -OCH3 is 4. The molecule has 1 heterocycles. The van der Waals surface area contributed by atoms with Crippen LogP contribution >= 0.6 is 0 Å². The Kier molecular flexibility index (Phi) is 6.68. The molecule has 2 aromatic rings. The number of carbonyl (C=O) groups is 2. The van der Waals surface area contributed by atoms with Gasteiger partial charge in [0, 0.05) is 12.1 Å². The maximum atomic E-state index is 13.3. The molecule has 1 amide bonds. The first-order chi connectivity index (χ1) is 16.4. The Hall–Kier alpha value is -3.68. The zero-order chi connectivity index (χ0) is 24.4. The minimum atomic E-state index is -0.769. The number of rotatable bonds is 7. The van der Waals surface area contributed by atoms with Crippen molar-refractivity contribution >= 4 is 17.4 Å². The Morgan fingerprint density at radius 1 is 0.853 bits per heavy atom. The Morgan fingerprint density at radius 3 is 2.15 bits per heavy atom. The van der Waals surface area contributed by atoms with Gasteiger partial charge < -0.3 is 29.0 Å². The highest BCUT2D eigenvalue weighted by Gasteiger charge is 2.49. The molecule has 4 rings (SSSR count). The van der Waals surface area contributed by atoms with Gasteiger partial charge in [0.05, 0.1) is 45.6 Å². The van der Waals surface area contributed by atoms with Crippen molar-refractivity contribution in [3.05, 3.63) is 53.1 Å². The van der Waals surface area contributed by atoms with E-state index in [0.717, 1.165) is 25.7 Å². The van der Waals surface area contributed by atoms with Gasteiger partial charge in [-0.2, -0.15) is 0 Å². The van der Waals surface area contributed by atoms with Crippen LogP contribution in [0.3, 0.4) is 0 Å². The number of aliphatic hydroxyl groups is 1. The first-order valence-corrected chi connectivity index (χ1v) is 11.2. The van der Waals surface area contributed by atoms with Crippen molar-refractivity contribution < 1.29 is 33.6 Å². The fourth-order valence-electron chi connectivity index (χ4n) is 4.90. The summed E-state index contributed by atoms with van der Waals surface area (Å²) in [5, 5.41) is 11.4. The predicted molar refractivity (Wildman–Crippen MR) is 125 cm³/mol. The molecule has 1 unspecified atom stereocenters. The molecule has 1 atom stereocenters. The van der Waals surface area contributed by atoms with E-state index in [1.165, 1.54) is 28.4 Å². The fourth-order valence-corrected chi connectivity index (χ4v) is 4.90. The molecule has 0 spiro atoms. The monoisotopic (exact) mass is 467 g/mol. The summed E-state index contributed by atoms with van der Waals surface area (Å²) in [6, 6.07) is 9.31. The summed E-state index contributed by atoms with van der Waals surface area (Å²) in [7, 11) is 6.06. The first kappa shape index (κ1) is 23.5. The summed E-state index contributed by atoms with van der Waals surface area (Å²) in [6.07, 6.45) is 3.59. The third-order valence-corrected chi connectivity index (χ3v) is 6.59. The summed E-state index contributed by atoms with van der Waals surface area (Å²) in [6.45, 7) is 0. The Bertz CT molecular complexity index is 1130. The second-order valence-corrected chi connectivity index (χ2v) is 8.33. The predicted octanol–water partition coefficient (Wildman–Crippen LogP) is 4.09. The summed E-state index contributed by atoms with van der Waals surface area (Å²) < 4.78 is 21.5. The average Bonchev–Trinajstić information content (AvgIpc) is 3.49. The van der Waals surface area contributed by atoms with Gasteiger partial charge in [-0.25, -0.2) is 0 Å². The standard InChI is InChI=1S/C26H29NO7/c1-31-17-10-11-18(20(14-17)33-3)24(28)22-23(15-9-12-19(32-2)21(13-15)34-4)27(26(30)25(22)29)16-7-5-6-8-16/h9-14,16,23,28H,5-8H2,1-4H3/b24-22+. The van der Waals surface area contributed by atoms with E-state index in [9.17, 15) is 14.7 Å². The molecule has 2 aliphatic rings. The number of ether oxygens (including phenoxy) is 4. The van der Waals surface area contributed by atoms with Gasteiger partial charge in [-0.15, -0.1) is 0 Å². The highest BCUT2D eigenvalue weighted by molar-refractivity contribution is 6.46. The van der Waals surface area contributed by atoms with E-state index >= 15 is 0 Å². The molecule has 1 saturated heterocycles. The molecule has 34 heavy (non-hydrogen) atoms. The second kappa shape index (κ2) is 9.67. The molecule has 0 radical (unpaired) electrons. The van der Waals surface area contributed by atoms with Gasteiger partial charge in [-0.3, -0.25) is 9.59 Å². The molecule has 2 aromatic carbocycles. The van der Waals surface area contributed by atoms with Gasteiger partial charge in [0.25, 0.3) is 11.7 Å². The Labute approximate surface area is 198 Å². The quantitative estimate of drug-likeness (QED) is 0.372. The second-order valence-electron chi connectivity index (χ2n) is 8.33. The lowest BCUT2D eigenvalue weighted by atomic mass is 9.94. The third-order valence-electron chi connectivity index (χ3n) is 6.59. The number of benzene rings is 2. The van der Waals surface area contributed by atoms with E-state index < -0.39 is 17.7 Å². The maximum absolute atomic E-state index is 13.3. The van der Waals surface area contributed by atoms with Gasteiger partial charge in [0.15, 0.2) is 11.5 Å². The number of Topliss-reactive ketones (excluding diaryl/α,β-unsaturated/α-hetero) is 1. The maximum Gasteiger partial charge on any atom is 0.295 e. The van der Waals surface area contributed by atoms with Gasteiger partial charge in [-0.1, -0.05) is 18.9 Å². The van der Waals surface area contributed by atoms with E-state index in [0.29, 0.717) is 34.1 Å². The molecule has 0 bridgehead atoms. The molecule has 1 saturated carbocycles. The van der Waals surface area contributed by atoms with Gasteiger partial charge in [0.2, 0.25) is 0 Å². The molecular weight excluding hydrogens is 438 g/mol. The molecule has 8 heteroatoms. The zero-order valence-corrected chi connectivity index (χ0v) is 19.8. The lowest BCUT2D eigenvalue weighted by Crippen LogP contribution is -2.37. The van der Waals surface area contributed by atoms with Gasteiger partial charge in [-0.05, 0) is 42.7 Å². The number of ketones is 1. The summed E-state index contributed by atoms with van der Waals surface area (Å²) >= 11 is 0. The molecule has 1 N–H and O–H groups in total. The van der Waals surface area contributed by atoms with E-state index in [-0.39, 0.29) is 17.4 Å². The minimum Gasteiger partial charge on any atom is -0.507 e. The number of hydrogen-bond acceptors (Lipinski definition) is 7. The molecule has 1 aliphatic carbocycles. The van der Waals surface area contributed by atoms with Crippen LogP contribution in [0.15, 0.2) is 42.0 Å². The Balaban J connectivity index is 1.93. The third kappa shape index (κ3) is 3.93. The van der Waals surface area contributed by atoms with Crippen molar-refractivity contribution in [1.82, 2.24) is 4.90 Å². The lowest BCUT2D eigenvalue weighted by Gasteiger charge is -2.31. The zero-order valence-electron chi connectivity index (χ0n) is 19.8. The van der Waals surface area contributed by atoms with Crippen LogP contribution in [-0.4, -0.2) is 56.2 Å². The lowest BCUT2D eigenvalue weighted by molar-refractivity contribution is -0.141. The van der Waals surface area contributed by atoms with Crippen LogP contribution in [0.1, 0.15) is 42.9 Å². The van der Waals surface area contributed by atoms with Crippen molar-refractivity contribution in [1.29, 1.82) is 0 Å². The molecule has 0 aromatic heterocycles.